The van der Waals surface area contributed by atoms with Crippen LogP contribution in [0.5, 0.6) is 0 Å². The second kappa shape index (κ2) is 5.99. The summed E-state index contributed by atoms with van der Waals surface area (Å²) in [5.41, 5.74) is 2.16. The molecule has 20 heavy (non-hydrogen) atoms. The third-order valence-electron chi connectivity index (χ3n) is 3.57. The van der Waals surface area contributed by atoms with Crippen LogP contribution >= 0.6 is 11.3 Å². The summed E-state index contributed by atoms with van der Waals surface area (Å²) in [6, 6.07) is 6.95. The predicted molar refractivity (Wildman–Crippen MR) is 79.5 cm³/mol. The van der Waals surface area contributed by atoms with Gasteiger partial charge < -0.3 is 5.32 Å². The van der Waals surface area contributed by atoms with Crippen LogP contribution in [0, 0.1) is 12.7 Å². The molecule has 1 atom stereocenters. The molecule has 0 amide bonds. The molecule has 3 rings (SSSR count). The molecule has 1 aromatic carbocycles. The number of piperazine rings is 1. The topological polar surface area (TPSA) is 28.2 Å². The summed E-state index contributed by atoms with van der Waals surface area (Å²) in [6.45, 7) is 5.96. The van der Waals surface area contributed by atoms with Gasteiger partial charge in [-0.1, -0.05) is 12.1 Å². The molecule has 5 heteroatoms. The maximum atomic E-state index is 13.2. The van der Waals surface area contributed by atoms with E-state index in [1.165, 1.54) is 12.1 Å². The van der Waals surface area contributed by atoms with Crippen LogP contribution in [0.15, 0.2) is 29.6 Å². The molecular weight excluding hydrogens is 273 g/mol. The highest BCUT2D eigenvalue weighted by Crippen LogP contribution is 2.31. The van der Waals surface area contributed by atoms with E-state index in [4.69, 9.17) is 0 Å². The monoisotopic (exact) mass is 291 g/mol. The van der Waals surface area contributed by atoms with Crippen LogP contribution in [0.4, 0.5) is 4.39 Å². The molecule has 0 bridgehead atoms. The molecule has 1 aliphatic rings. The molecule has 1 fully saturated rings. The second-order valence-corrected chi connectivity index (χ2v) is 5.96. The fourth-order valence-electron chi connectivity index (χ4n) is 2.59. The van der Waals surface area contributed by atoms with Gasteiger partial charge in [0.1, 0.15) is 10.8 Å². The Kier molecular flexibility index (Phi) is 4.10. The number of hydrogen-bond acceptors (Lipinski definition) is 4. The molecule has 1 saturated heterocycles. The molecule has 0 radical (unpaired) electrons. The number of hydrogen-bond donors (Lipinski definition) is 1. The van der Waals surface area contributed by atoms with Crippen molar-refractivity contribution in [2.45, 2.75) is 13.0 Å². The Balaban J connectivity index is 1.95. The summed E-state index contributed by atoms with van der Waals surface area (Å²) in [5, 5.41) is 6.54. The Bertz CT molecular complexity index is 561. The zero-order valence-electron chi connectivity index (χ0n) is 11.5. The summed E-state index contributed by atoms with van der Waals surface area (Å²) < 4.78 is 13.2. The fraction of sp³-hybridized carbons (Fsp3) is 0.400. The molecule has 2 aromatic rings. The smallest absolute Gasteiger partial charge is 0.123 e. The number of rotatable bonds is 3. The van der Waals surface area contributed by atoms with Crippen molar-refractivity contribution in [3.8, 4) is 0 Å². The summed E-state index contributed by atoms with van der Waals surface area (Å²) in [5.74, 6) is -0.192. The van der Waals surface area contributed by atoms with Crippen molar-refractivity contribution in [1.29, 1.82) is 0 Å². The first-order valence-corrected chi connectivity index (χ1v) is 7.74. The van der Waals surface area contributed by atoms with Crippen LogP contribution in [0.3, 0.4) is 0 Å². The molecule has 0 saturated carbocycles. The maximum Gasteiger partial charge on any atom is 0.123 e. The quantitative estimate of drug-likeness (QED) is 0.942. The number of nitrogens with one attached hydrogen (secondary N) is 1. The first-order chi connectivity index (χ1) is 9.74. The van der Waals surface area contributed by atoms with Crippen molar-refractivity contribution in [1.82, 2.24) is 15.2 Å². The summed E-state index contributed by atoms with van der Waals surface area (Å²) in [7, 11) is 0. The van der Waals surface area contributed by atoms with Crippen molar-refractivity contribution in [3.63, 3.8) is 0 Å². The molecule has 1 unspecified atom stereocenters. The Morgan fingerprint density at radius 1 is 1.25 bits per heavy atom. The van der Waals surface area contributed by atoms with Gasteiger partial charge in [0, 0.05) is 37.3 Å². The SMILES string of the molecule is Cc1csc(C(c2ccc(F)cc2)N2CCNCC2)n1. The normalized spacial score (nSPS) is 18.1. The highest BCUT2D eigenvalue weighted by Gasteiger charge is 2.26. The fourth-order valence-corrected chi connectivity index (χ4v) is 3.55. The van der Waals surface area contributed by atoms with E-state index in [0.29, 0.717) is 0 Å². The number of nitrogens with zero attached hydrogens (tertiary/aromatic N) is 2. The van der Waals surface area contributed by atoms with Crippen LogP contribution in [-0.4, -0.2) is 36.1 Å². The highest BCUT2D eigenvalue weighted by molar-refractivity contribution is 7.09. The van der Waals surface area contributed by atoms with Gasteiger partial charge in [0.2, 0.25) is 0 Å². The summed E-state index contributed by atoms with van der Waals surface area (Å²) in [6.07, 6.45) is 0. The van der Waals surface area contributed by atoms with Crippen LogP contribution in [0.2, 0.25) is 0 Å². The first-order valence-electron chi connectivity index (χ1n) is 6.86. The molecule has 3 nitrogen and oxygen atoms in total. The van der Waals surface area contributed by atoms with E-state index in [9.17, 15) is 4.39 Å². The highest BCUT2D eigenvalue weighted by atomic mass is 32.1. The van der Waals surface area contributed by atoms with Crippen LogP contribution < -0.4 is 5.32 Å². The zero-order chi connectivity index (χ0) is 13.9. The van der Waals surface area contributed by atoms with Crippen LogP contribution in [0.1, 0.15) is 22.3 Å². The average molecular weight is 291 g/mol. The molecule has 1 aromatic heterocycles. The van der Waals surface area contributed by atoms with E-state index in [1.807, 2.05) is 19.1 Å². The van der Waals surface area contributed by atoms with Gasteiger partial charge in [0.05, 0.1) is 6.04 Å². The molecule has 106 valence electrons. The van der Waals surface area contributed by atoms with Gasteiger partial charge in [-0.15, -0.1) is 11.3 Å². The average Bonchev–Trinajstić information content (AvgIpc) is 2.89. The second-order valence-electron chi connectivity index (χ2n) is 5.07. The van der Waals surface area contributed by atoms with Gasteiger partial charge in [0.15, 0.2) is 0 Å². The minimum Gasteiger partial charge on any atom is -0.314 e. The number of thiazole rings is 1. The number of benzene rings is 1. The Morgan fingerprint density at radius 3 is 2.55 bits per heavy atom. The molecular formula is C15H18FN3S. The van der Waals surface area contributed by atoms with E-state index in [-0.39, 0.29) is 11.9 Å². The Labute approximate surface area is 122 Å². The Hall–Kier alpha value is -1.30. The van der Waals surface area contributed by atoms with Crippen molar-refractivity contribution in [2.24, 2.45) is 0 Å². The molecule has 1 aliphatic heterocycles. The van der Waals surface area contributed by atoms with Gasteiger partial charge in [-0.25, -0.2) is 9.37 Å². The predicted octanol–water partition coefficient (Wildman–Crippen LogP) is 2.59. The van der Waals surface area contributed by atoms with E-state index < -0.39 is 0 Å². The minimum atomic E-state index is -0.192. The van der Waals surface area contributed by atoms with Crippen LogP contribution in [0.25, 0.3) is 0 Å². The van der Waals surface area contributed by atoms with Crippen molar-refractivity contribution in [2.75, 3.05) is 26.2 Å². The summed E-state index contributed by atoms with van der Waals surface area (Å²) >= 11 is 1.68. The zero-order valence-corrected chi connectivity index (χ0v) is 12.3. The number of halogens is 1. The standard InChI is InChI=1S/C15H18FN3S/c1-11-10-20-15(18-11)14(19-8-6-17-7-9-19)12-2-4-13(16)5-3-12/h2-5,10,14,17H,6-9H2,1H3. The lowest BCUT2D eigenvalue weighted by Crippen LogP contribution is -2.45. The third kappa shape index (κ3) is 2.90. The number of aryl methyl sites for hydroxylation is 1. The van der Waals surface area contributed by atoms with E-state index in [1.54, 1.807) is 11.3 Å². The lowest BCUT2D eigenvalue weighted by Gasteiger charge is -2.34. The largest absolute Gasteiger partial charge is 0.314 e. The molecule has 0 aliphatic carbocycles. The summed E-state index contributed by atoms with van der Waals surface area (Å²) in [4.78, 5) is 7.07. The minimum absolute atomic E-state index is 0.136. The molecule has 0 spiro atoms. The van der Waals surface area contributed by atoms with E-state index in [2.05, 4.69) is 20.6 Å². The first kappa shape index (κ1) is 13.7. The van der Waals surface area contributed by atoms with Gasteiger partial charge in [-0.3, -0.25) is 4.90 Å². The third-order valence-corrected chi connectivity index (χ3v) is 4.59. The van der Waals surface area contributed by atoms with Crippen molar-refractivity contribution >= 4 is 11.3 Å². The lowest BCUT2D eigenvalue weighted by atomic mass is 10.0. The number of aromatic nitrogens is 1. The van der Waals surface area contributed by atoms with Gasteiger partial charge in [-0.05, 0) is 24.6 Å². The van der Waals surface area contributed by atoms with Crippen molar-refractivity contribution in [3.05, 3.63) is 51.7 Å². The van der Waals surface area contributed by atoms with E-state index >= 15 is 0 Å². The van der Waals surface area contributed by atoms with Gasteiger partial charge in [0.25, 0.3) is 0 Å². The molecule has 2 heterocycles. The lowest BCUT2D eigenvalue weighted by molar-refractivity contribution is 0.198. The van der Waals surface area contributed by atoms with Gasteiger partial charge >= 0.3 is 0 Å². The maximum absolute atomic E-state index is 13.2. The van der Waals surface area contributed by atoms with Crippen LogP contribution in [-0.2, 0) is 0 Å². The molecule has 1 N–H and O–H groups in total. The van der Waals surface area contributed by atoms with Gasteiger partial charge in [-0.2, -0.15) is 0 Å². The Morgan fingerprint density at radius 2 is 1.95 bits per heavy atom. The van der Waals surface area contributed by atoms with E-state index in [0.717, 1.165) is 42.4 Å². The van der Waals surface area contributed by atoms with Crippen molar-refractivity contribution < 1.29 is 4.39 Å².